The lowest BCUT2D eigenvalue weighted by Gasteiger charge is -2.11. The number of aryl methyl sites for hydroxylation is 2. The number of para-hydroxylation sites is 1. The van der Waals surface area contributed by atoms with Gasteiger partial charge in [-0.1, -0.05) is 48.5 Å². The van der Waals surface area contributed by atoms with Gasteiger partial charge in [-0.2, -0.15) is 0 Å². The van der Waals surface area contributed by atoms with Crippen LogP contribution in [0, 0.1) is 13.8 Å². The highest BCUT2D eigenvalue weighted by atomic mass is 16.3. The van der Waals surface area contributed by atoms with Crippen molar-refractivity contribution in [3.63, 3.8) is 0 Å². The number of rotatable bonds is 3. The molecular formula is C23H19N3O3. The first kappa shape index (κ1) is 18.4. The number of carbonyl (C=O) groups is 2. The maximum Gasteiger partial charge on any atom is 0.273 e. The van der Waals surface area contributed by atoms with Crippen LogP contribution in [0.1, 0.15) is 32.2 Å². The minimum Gasteiger partial charge on any atom is -0.466 e. The van der Waals surface area contributed by atoms with Crippen LogP contribution < -0.4 is 10.9 Å². The third-order valence-electron chi connectivity index (χ3n) is 4.61. The monoisotopic (exact) mass is 385 g/mol. The summed E-state index contributed by atoms with van der Waals surface area (Å²) in [5, 5.41) is 0.703. The van der Waals surface area contributed by atoms with Gasteiger partial charge < -0.3 is 4.42 Å². The Balaban J connectivity index is 1.64. The summed E-state index contributed by atoms with van der Waals surface area (Å²) in [7, 11) is 0. The quantitative estimate of drug-likeness (QED) is 0.518. The molecule has 2 heterocycles. The molecule has 2 N–H and O–H groups in total. The van der Waals surface area contributed by atoms with E-state index in [2.05, 4.69) is 15.8 Å². The molecule has 6 nitrogen and oxygen atoms in total. The van der Waals surface area contributed by atoms with E-state index in [-0.39, 0.29) is 0 Å². The number of hydrogen-bond donors (Lipinski definition) is 2. The number of hydrogen-bond acceptors (Lipinski definition) is 4. The van der Waals surface area contributed by atoms with Crippen LogP contribution in [-0.4, -0.2) is 16.8 Å². The molecule has 144 valence electrons. The number of carbonyl (C=O) groups excluding carboxylic acids is 2. The first-order valence-electron chi connectivity index (χ1n) is 9.16. The molecule has 4 rings (SSSR count). The molecule has 0 fully saturated rings. The average Bonchev–Trinajstić information content (AvgIpc) is 3.09. The van der Waals surface area contributed by atoms with Crippen LogP contribution >= 0.6 is 0 Å². The van der Waals surface area contributed by atoms with Gasteiger partial charge in [0.1, 0.15) is 11.5 Å². The third kappa shape index (κ3) is 3.73. The van der Waals surface area contributed by atoms with Crippen LogP contribution in [0.15, 0.2) is 71.1 Å². The zero-order chi connectivity index (χ0) is 20.4. The van der Waals surface area contributed by atoms with Crippen LogP contribution in [0.5, 0.6) is 0 Å². The second-order valence-electron chi connectivity index (χ2n) is 6.67. The summed E-state index contributed by atoms with van der Waals surface area (Å²) in [6.45, 7) is 3.46. The van der Waals surface area contributed by atoms with Crippen LogP contribution in [0.2, 0.25) is 0 Å². The maximum absolute atomic E-state index is 12.9. The number of fused-ring (bicyclic) bond motifs is 1. The smallest absolute Gasteiger partial charge is 0.273 e. The number of hydrazine groups is 1. The molecule has 0 aliphatic rings. The normalized spacial score (nSPS) is 10.7. The Kier molecular flexibility index (Phi) is 4.83. The summed E-state index contributed by atoms with van der Waals surface area (Å²) >= 11 is 0. The van der Waals surface area contributed by atoms with E-state index >= 15 is 0 Å². The molecule has 0 saturated carbocycles. The summed E-state index contributed by atoms with van der Waals surface area (Å²) in [4.78, 5) is 29.9. The number of pyridine rings is 1. The molecule has 2 aromatic heterocycles. The van der Waals surface area contributed by atoms with Gasteiger partial charge in [-0.15, -0.1) is 0 Å². The Hall–Kier alpha value is -3.93. The molecule has 0 unspecified atom stereocenters. The molecule has 0 radical (unpaired) electrons. The molecule has 0 atom stereocenters. The van der Waals surface area contributed by atoms with Crippen LogP contribution in [0.25, 0.3) is 22.2 Å². The summed E-state index contributed by atoms with van der Waals surface area (Å²) in [5.41, 5.74) is 8.05. The van der Waals surface area contributed by atoms with Crippen LogP contribution in [-0.2, 0) is 0 Å². The van der Waals surface area contributed by atoms with Crippen molar-refractivity contribution in [2.24, 2.45) is 0 Å². The van der Waals surface area contributed by atoms with Crippen molar-refractivity contribution in [2.45, 2.75) is 13.8 Å². The van der Waals surface area contributed by atoms with E-state index in [0.29, 0.717) is 39.2 Å². The van der Waals surface area contributed by atoms with Crippen molar-refractivity contribution in [3.05, 3.63) is 89.4 Å². The third-order valence-corrected chi connectivity index (χ3v) is 4.61. The van der Waals surface area contributed by atoms with Gasteiger partial charge in [-0.25, -0.2) is 4.98 Å². The minimum absolute atomic E-state index is 0.382. The highest BCUT2D eigenvalue weighted by molar-refractivity contribution is 6.08. The van der Waals surface area contributed by atoms with Gasteiger partial charge in [0.25, 0.3) is 11.8 Å². The van der Waals surface area contributed by atoms with Gasteiger partial charge in [0.05, 0.1) is 22.3 Å². The Morgan fingerprint density at radius 1 is 0.828 bits per heavy atom. The van der Waals surface area contributed by atoms with Gasteiger partial charge >= 0.3 is 0 Å². The molecular weight excluding hydrogens is 366 g/mol. The van der Waals surface area contributed by atoms with Gasteiger partial charge in [0, 0.05) is 10.9 Å². The van der Waals surface area contributed by atoms with E-state index in [1.54, 1.807) is 26.0 Å². The lowest BCUT2D eigenvalue weighted by Crippen LogP contribution is -2.41. The number of benzene rings is 2. The highest BCUT2D eigenvalue weighted by Crippen LogP contribution is 2.24. The number of amides is 2. The van der Waals surface area contributed by atoms with Crippen molar-refractivity contribution < 1.29 is 14.0 Å². The average molecular weight is 385 g/mol. The topological polar surface area (TPSA) is 84.2 Å². The summed E-state index contributed by atoms with van der Waals surface area (Å²) in [6, 6.07) is 20.4. The van der Waals surface area contributed by atoms with E-state index in [1.807, 2.05) is 54.6 Å². The number of furan rings is 1. The molecule has 29 heavy (non-hydrogen) atoms. The molecule has 2 amide bonds. The Morgan fingerprint density at radius 2 is 1.48 bits per heavy atom. The van der Waals surface area contributed by atoms with E-state index in [1.165, 1.54) is 0 Å². The fourth-order valence-corrected chi connectivity index (χ4v) is 3.22. The number of nitrogens with zero attached hydrogens (tertiary/aromatic N) is 1. The summed E-state index contributed by atoms with van der Waals surface area (Å²) in [5.74, 6) is 0.267. The largest absolute Gasteiger partial charge is 0.466 e. The van der Waals surface area contributed by atoms with Crippen molar-refractivity contribution in [3.8, 4) is 11.3 Å². The van der Waals surface area contributed by atoms with E-state index in [9.17, 15) is 9.59 Å². The van der Waals surface area contributed by atoms with E-state index < -0.39 is 11.8 Å². The standard InChI is InChI=1S/C23H19N3O3/c1-14-12-18(15(2)29-14)22(27)25-26-23(28)19-13-21(16-8-4-3-5-9-16)24-20-11-7-6-10-17(19)20/h3-13H,1-2H3,(H,25,27)(H,26,28). The number of aromatic nitrogens is 1. The first-order chi connectivity index (χ1) is 14.0. The minimum atomic E-state index is -0.436. The fraction of sp³-hybridized carbons (Fsp3) is 0.0870. The molecule has 6 heteroatoms. The number of nitrogens with one attached hydrogen (secondary N) is 2. The zero-order valence-electron chi connectivity index (χ0n) is 16.0. The lowest BCUT2D eigenvalue weighted by atomic mass is 10.0. The summed E-state index contributed by atoms with van der Waals surface area (Å²) in [6.07, 6.45) is 0. The van der Waals surface area contributed by atoms with Crippen molar-refractivity contribution in [1.29, 1.82) is 0 Å². The Labute approximate surface area is 167 Å². The molecule has 0 aliphatic heterocycles. The van der Waals surface area contributed by atoms with Crippen molar-refractivity contribution in [1.82, 2.24) is 15.8 Å². The predicted octanol–water partition coefficient (Wildman–Crippen LogP) is 4.19. The van der Waals surface area contributed by atoms with Crippen LogP contribution in [0.3, 0.4) is 0 Å². The van der Waals surface area contributed by atoms with Gasteiger partial charge in [-0.05, 0) is 32.0 Å². The van der Waals surface area contributed by atoms with Crippen molar-refractivity contribution in [2.75, 3.05) is 0 Å². The molecule has 0 saturated heterocycles. The van der Waals surface area contributed by atoms with Gasteiger partial charge in [0.2, 0.25) is 0 Å². The van der Waals surface area contributed by atoms with E-state index in [0.717, 1.165) is 5.56 Å². The van der Waals surface area contributed by atoms with E-state index in [4.69, 9.17) is 4.42 Å². The molecule has 0 spiro atoms. The van der Waals surface area contributed by atoms with Crippen LogP contribution in [0.4, 0.5) is 0 Å². The molecule has 0 bridgehead atoms. The lowest BCUT2D eigenvalue weighted by molar-refractivity contribution is 0.0846. The summed E-state index contributed by atoms with van der Waals surface area (Å²) < 4.78 is 5.37. The van der Waals surface area contributed by atoms with Crippen molar-refractivity contribution >= 4 is 22.7 Å². The fourth-order valence-electron chi connectivity index (χ4n) is 3.22. The highest BCUT2D eigenvalue weighted by Gasteiger charge is 2.17. The van der Waals surface area contributed by atoms with Gasteiger partial charge in [0.15, 0.2) is 0 Å². The molecule has 2 aromatic carbocycles. The molecule has 4 aromatic rings. The maximum atomic E-state index is 12.9. The Morgan fingerprint density at radius 3 is 2.17 bits per heavy atom. The second kappa shape index (κ2) is 7.59. The SMILES string of the molecule is Cc1cc(C(=O)NNC(=O)c2cc(-c3ccccc3)nc3ccccc23)c(C)o1. The Bertz CT molecular complexity index is 1210. The predicted molar refractivity (Wildman–Crippen MR) is 110 cm³/mol. The zero-order valence-corrected chi connectivity index (χ0v) is 16.0. The van der Waals surface area contributed by atoms with Gasteiger partial charge in [-0.3, -0.25) is 20.4 Å². The second-order valence-corrected chi connectivity index (χ2v) is 6.67. The molecule has 0 aliphatic carbocycles. The first-order valence-corrected chi connectivity index (χ1v) is 9.16.